The number of allylic oxidation sites excluding steroid dienone is 2. The van der Waals surface area contributed by atoms with E-state index < -0.39 is 0 Å². The van der Waals surface area contributed by atoms with E-state index in [0.29, 0.717) is 31.2 Å². The molecule has 0 unspecified atom stereocenters. The molecule has 0 aromatic carbocycles. The minimum Gasteiger partial charge on any atom is -0.357 e. The van der Waals surface area contributed by atoms with Crippen molar-refractivity contribution >= 4 is 17.8 Å². The number of carbonyl (C=O) groups excluding carboxylic acids is 2. The lowest BCUT2D eigenvalue weighted by Crippen LogP contribution is -2.42. The molecule has 2 amide bonds. The van der Waals surface area contributed by atoms with Gasteiger partial charge in [-0.3, -0.25) is 9.59 Å². The average molecular weight is 369 g/mol. The summed E-state index contributed by atoms with van der Waals surface area (Å²) in [7, 11) is 1.76. The van der Waals surface area contributed by atoms with Crippen molar-refractivity contribution in [1.29, 1.82) is 0 Å². The Balaban J connectivity index is 1.61. The molecule has 1 aliphatic carbocycles. The van der Waals surface area contributed by atoms with Crippen molar-refractivity contribution in [2.24, 2.45) is 5.92 Å². The number of likely N-dealkylation sites (tertiary alicyclic amines) is 1. The smallest absolute Gasteiger partial charge is 0.273 e. The highest BCUT2D eigenvalue weighted by molar-refractivity contribution is 5.94. The van der Waals surface area contributed by atoms with Gasteiger partial charge in [-0.05, 0) is 32.1 Å². The number of fused-ring (bicyclic) bond motifs is 1. The van der Waals surface area contributed by atoms with Crippen LogP contribution < -0.4 is 5.32 Å². The molecule has 0 saturated carbocycles. The van der Waals surface area contributed by atoms with Crippen LogP contribution in [-0.2, 0) is 17.8 Å². The molecule has 1 atom stereocenters. The number of nitrogens with zero attached hydrogens (tertiary/aromatic N) is 4. The molecule has 0 bridgehead atoms. The lowest BCUT2D eigenvalue weighted by Gasteiger charge is -2.33. The van der Waals surface area contributed by atoms with E-state index in [-0.39, 0.29) is 17.7 Å². The minimum atomic E-state index is -0.0300. The molecule has 2 aliphatic heterocycles. The van der Waals surface area contributed by atoms with E-state index in [2.05, 4.69) is 27.4 Å². The van der Waals surface area contributed by atoms with Crippen LogP contribution in [-0.4, -0.2) is 58.3 Å². The zero-order valence-electron chi connectivity index (χ0n) is 15.9. The SMILES string of the molecule is CNc1nc2c(c(C(=O)N3CCCC3)n1)CN(C(=O)[C@@H]1CC=CCC1)CC2. The Kier molecular flexibility index (Phi) is 5.09. The Hall–Kier alpha value is -2.44. The number of hydrogen-bond donors (Lipinski definition) is 1. The van der Waals surface area contributed by atoms with Gasteiger partial charge in [0, 0.05) is 51.1 Å². The largest absolute Gasteiger partial charge is 0.357 e. The molecule has 7 heteroatoms. The molecule has 1 fully saturated rings. The number of hydrogen-bond acceptors (Lipinski definition) is 5. The molecule has 3 aliphatic rings. The van der Waals surface area contributed by atoms with Crippen LogP contribution in [0.3, 0.4) is 0 Å². The first-order chi connectivity index (χ1) is 13.2. The molecule has 3 heterocycles. The lowest BCUT2D eigenvalue weighted by molar-refractivity contribution is -0.136. The summed E-state index contributed by atoms with van der Waals surface area (Å²) in [5.41, 5.74) is 2.19. The Labute approximate surface area is 159 Å². The van der Waals surface area contributed by atoms with Gasteiger partial charge in [-0.25, -0.2) is 9.97 Å². The number of aromatic nitrogens is 2. The van der Waals surface area contributed by atoms with Gasteiger partial charge in [0.05, 0.1) is 5.69 Å². The van der Waals surface area contributed by atoms with E-state index in [1.54, 1.807) is 7.05 Å². The average Bonchev–Trinajstić information content (AvgIpc) is 3.27. The van der Waals surface area contributed by atoms with Gasteiger partial charge in [-0.15, -0.1) is 0 Å². The van der Waals surface area contributed by atoms with E-state index in [4.69, 9.17) is 0 Å². The van der Waals surface area contributed by atoms with Crippen LogP contribution in [0, 0.1) is 5.92 Å². The number of anilines is 1. The molecule has 1 N–H and O–H groups in total. The quantitative estimate of drug-likeness (QED) is 0.825. The van der Waals surface area contributed by atoms with Crippen molar-refractivity contribution in [2.45, 2.75) is 45.1 Å². The first-order valence-electron chi connectivity index (χ1n) is 9.98. The zero-order valence-corrected chi connectivity index (χ0v) is 15.9. The fourth-order valence-corrected chi connectivity index (χ4v) is 4.24. The van der Waals surface area contributed by atoms with Gasteiger partial charge in [-0.2, -0.15) is 0 Å². The second kappa shape index (κ2) is 7.66. The van der Waals surface area contributed by atoms with Crippen LogP contribution in [0.1, 0.15) is 53.8 Å². The molecule has 1 aromatic rings. The minimum absolute atomic E-state index is 0.0300. The van der Waals surface area contributed by atoms with Crippen LogP contribution in [0.4, 0.5) is 5.95 Å². The highest BCUT2D eigenvalue weighted by atomic mass is 16.2. The fourth-order valence-electron chi connectivity index (χ4n) is 4.24. The molecule has 1 aromatic heterocycles. The van der Waals surface area contributed by atoms with Gasteiger partial charge in [0.25, 0.3) is 5.91 Å². The van der Waals surface area contributed by atoms with Gasteiger partial charge >= 0.3 is 0 Å². The third kappa shape index (κ3) is 3.55. The van der Waals surface area contributed by atoms with Crippen LogP contribution in [0.15, 0.2) is 12.2 Å². The summed E-state index contributed by atoms with van der Waals surface area (Å²) >= 11 is 0. The molecule has 7 nitrogen and oxygen atoms in total. The summed E-state index contributed by atoms with van der Waals surface area (Å²) < 4.78 is 0. The summed E-state index contributed by atoms with van der Waals surface area (Å²) in [6, 6.07) is 0. The third-order valence-electron chi connectivity index (χ3n) is 5.81. The lowest BCUT2D eigenvalue weighted by atomic mass is 9.92. The predicted molar refractivity (Wildman–Crippen MR) is 102 cm³/mol. The number of carbonyl (C=O) groups is 2. The molecule has 144 valence electrons. The first kappa shape index (κ1) is 17.9. The molecule has 0 spiro atoms. The Morgan fingerprint density at radius 2 is 1.93 bits per heavy atom. The van der Waals surface area contributed by atoms with E-state index in [9.17, 15) is 9.59 Å². The summed E-state index contributed by atoms with van der Waals surface area (Å²) in [6.07, 6.45) is 9.69. The number of amides is 2. The van der Waals surface area contributed by atoms with Crippen molar-refractivity contribution in [3.63, 3.8) is 0 Å². The summed E-state index contributed by atoms with van der Waals surface area (Å²) in [5.74, 6) is 0.708. The van der Waals surface area contributed by atoms with Crippen molar-refractivity contribution < 1.29 is 9.59 Å². The standard InChI is InChI=1S/C20H27N5O2/c1-21-20-22-16-9-12-25(18(26)14-7-3-2-4-8-14)13-15(16)17(23-20)19(27)24-10-5-6-11-24/h2-3,14H,4-13H2,1H3,(H,21,22,23)/t14-/m1/s1. The Bertz CT molecular complexity index is 770. The van der Waals surface area contributed by atoms with Crippen LogP contribution in [0.2, 0.25) is 0 Å². The van der Waals surface area contributed by atoms with E-state index in [1.165, 1.54) is 0 Å². The van der Waals surface area contributed by atoms with Crippen molar-refractivity contribution in [1.82, 2.24) is 19.8 Å². The maximum atomic E-state index is 13.1. The van der Waals surface area contributed by atoms with Crippen LogP contribution in [0.5, 0.6) is 0 Å². The normalized spacial score (nSPS) is 21.9. The zero-order chi connectivity index (χ0) is 18.8. The van der Waals surface area contributed by atoms with E-state index in [1.807, 2.05) is 9.80 Å². The first-order valence-corrected chi connectivity index (χ1v) is 9.98. The van der Waals surface area contributed by atoms with E-state index in [0.717, 1.165) is 56.5 Å². The molecule has 27 heavy (non-hydrogen) atoms. The van der Waals surface area contributed by atoms with Gasteiger partial charge in [0.1, 0.15) is 5.69 Å². The van der Waals surface area contributed by atoms with Crippen molar-refractivity contribution in [2.75, 3.05) is 32.0 Å². The van der Waals surface area contributed by atoms with Gasteiger partial charge in [0.15, 0.2) is 0 Å². The van der Waals surface area contributed by atoms with Crippen LogP contribution in [0.25, 0.3) is 0 Å². The summed E-state index contributed by atoms with van der Waals surface area (Å²) in [6.45, 7) is 2.66. The maximum Gasteiger partial charge on any atom is 0.273 e. The van der Waals surface area contributed by atoms with Crippen molar-refractivity contribution in [3.8, 4) is 0 Å². The maximum absolute atomic E-state index is 13.1. The molecule has 0 radical (unpaired) electrons. The number of nitrogens with one attached hydrogen (secondary N) is 1. The summed E-state index contributed by atoms with van der Waals surface area (Å²) in [5, 5.41) is 2.97. The van der Waals surface area contributed by atoms with Gasteiger partial charge in [-0.1, -0.05) is 12.2 Å². The number of rotatable bonds is 3. The predicted octanol–water partition coefficient (Wildman–Crippen LogP) is 2.00. The molecule has 4 rings (SSSR count). The molecular weight excluding hydrogens is 342 g/mol. The third-order valence-corrected chi connectivity index (χ3v) is 5.81. The van der Waals surface area contributed by atoms with Gasteiger partial charge in [0.2, 0.25) is 11.9 Å². The van der Waals surface area contributed by atoms with E-state index >= 15 is 0 Å². The Morgan fingerprint density at radius 3 is 2.63 bits per heavy atom. The van der Waals surface area contributed by atoms with Crippen molar-refractivity contribution in [3.05, 3.63) is 29.1 Å². The Morgan fingerprint density at radius 1 is 1.11 bits per heavy atom. The fraction of sp³-hybridized carbons (Fsp3) is 0.600. The monoisotopic (exact) mass is 369 g/mol. The highest BCUT2D eigenvalue weighted by Crippen LogP contribution is 2.27. The second-order valence-corrected chi connectivity index (χ2v) is 7.56. The van der Waals surface area contributed by atoms with Crippen LogP contribution >= 0.6 is 0 Å². The highest BCUT2D eigenvalue weighted by Gasteiger charge is 2.32. The second-order valence-electron chi connectivity index (χ2n) is 7.56. The van der Waals surface area contributed by atoms with Gasteiger partial charge < -0.3 is 15.1 Å². The molecular formula is C20H27N5O2. The summed E-state index contributed by atoms with van der Waals surface area (Å²) in [4.78, 5) is 38.9. The topological polar surface area (TPSA) is 78.4 Å². The molecule has 1 saturated heterocycles.